The van der Waals surface area contributed by atoms with Crippen molar-refractivity contribution in [1.82, 2.24) is 5.43 Å². The van der Waals surface area contributed by atoms with Crippen LogP contribution >= 0.6 is 11.6 Å². The number of rotatable bonds is 2. The number of hydrazine groups is 1. The first kappa shape index (κ1) is 11.9. The smallest absolute Gasteiger partial charge is 0.423 e. The van der Waals surface area contributed by atoms with Crippen LogP contribution in [-0.4, -0.2) is 17.3 Å². The summed E-state index contributed by atoms with van der Waals surface area (Å²) in [6.07, 6.45) is -0.308. The Balaban J connectivity index is 2.37. The van der Waals surface area contributed by atoms with E-state index < -0.39 is 6.09 Å². The van der Waals surface area contributed by atoms with E-state index in [0.29, 0.717) is 16.5 Å². The fourth-order valence-electron chi connectivity index (χ4n) is 1.90. The number of hydrogen-bond acceptors (Lipinski definition) is 3. The highest BCUT2D eigenvalue weighted by atomic mass is 35.5. The first-order valence-electron chi connectivity index (χ1n) is 5.22. The Kier molecular flexibility index (Phi) is 3.02. The topological polar surface area (TPSA) is 70.6 Å². The SMILES string of the molecule is Cc1c(Cl)cc(NNC(=O)O)c2c1CC(C)O2. The normalized spacial score (nSPS) is 17.2. The molecular weight excluding hydrogens is 244 g/mol. The molecular formula is C11H13ClN2O3. The minimum atomic E-state index is -1.17. The van der Waals surface area contributed by atoms with Crippen LogP contribution < -0.4 is 15.6 Å². The Morgan fingerprint density at radius 1 is 1.65 bits per heavy atom. The summed E-state index contributed by atoms with van der Waals surface area (Å²) in [7, 11) is 0. The number of ether oxygens (including phenoxy) is 1. The fourth-order valence-corrected chi connectivity index (χ4v) is 2.13. The molecule has 5 nitrogen and oxygen atoms in total. The summed E-state index contributed by atoms with van der Waals surface area (Å²) in [4.78, 5) is 10.4. The average Bonchev–Trinajstić information content (AvgIpc) is 2.63. The molecule has 0 saturated carbocycles. The summed E-state index contributed by atoms with van der Waals surface area (Å²) in [6, 6.07) is 1.66. The van der Waals surface area contributed by atoms with Crippen molar-refractivity contribution in [2.75, 3.05) is 5.43 Å². The van der Waals surface area contributed by atoms with E-state index in [1.807, 2.05) is 13.8 Å². The number of halogens is 1. The highest BCUT2D eigenvalue weighted by Crippen LogP contribution is 2.41. The zero-order chi connectivity index (χ0) is 12.6. The van der Waals surface area contributed by atoms with Crippen molar-refractivity contribution in [3.63, 3.8) is 0 Å². The Morgan fingerprint density at radius 3 is 3.00 bits per heavy atom. The van der Waals surface area contributed by atoms with Crippen molar-refractivity contribution in [2.24, 2.45) is 0 Å². The van der Waals surface area contributed by atoms with Crippen molar-refractivity contribution in [3.05, 3.63) is 22.2 Å². The molecule has 0 bridgehead atoms. The van der Waals surface area contributed by atoms with Gasteiger partial charge in [-0.25, -0.2) is 10.2 Å². The van der Waals surface area contributed by atoms with Gasteiger partial charge in [-0.15, -0.1) is 0 Å². The van der Waals surface area contributed by atoms with Crippen LogP contribution in [0.3, 0.4) is 0 Å². The maximum atomic E-state index is 10.4. The zero-order valence-corrected chi connectivity index (χ0v) is 10.3. The standard InChI is InChI=1S/C11H13ClN2O3/c1-5-3-7-6(2)8(12)4-9(10(7)17-5)13-14-11(15)16/h4-5,13-14H,3H2,1-2H3,(H,15,16). The number of nitrogens with one attached hydrogen (secondary N) is 2. The lowest BCUT2D eigenvalue weighted by Crippen LogP contribution is -2.27. The van der Waals surface area contributed by atoms with E-state index >= 15 is 0 Å². The van der Waals surface area contributed by atoms with Crippen molar-refractivity contribution in [2.45, 2.75) is 26.4 Å². The molecule has 3 N–H and O–H groups in total. The molecule has 1 unspecified atom stereocenters. The van der Waals surface area contributed by atoms with Gasteiger partial charge in [-0.05, 0) is 25.5 Å². The first-order chi connectivity index (χ1) is 7.99. The molecule has 2 rings (SSSR count). The van der Waals surface area contributed by atoms with Gasteiger partial charge < -0.3 is 9.84 Å². The van der Waals surface area contributed by atoms with Crippen LogP contribution in [0.15, 0.2) is 6.07 Å². The van der Waals surface area contributed by atoms with E-state index in [1.54, 1.807) is 6.07 Å². The Hall–Kier alpha value is -1.62. The van der Waals surface area contributed by atoms with Crippen LogP contribution in [0.5, 0.6) is 5.75 Å². The minimum absolute atomic E-state index is 0.0764. The molecule has 1 aromatic carbocycles. The Bertz CT molecular complexity index is 476. The van der Waals surface area contributed by atoms with Crippen molar-refractivity contribution >= 4 is 23.4 Å². The third-order valence-corrected chi connectivity index (χ3v) is 3.11. The van der Waals surface area contributed by atoms with Gasteiger partial charge in [0.25, 0.3) is 0 Å². The van der Waals surface area contributed by atoms with E-state index in [2.05, 4.69) is 10.9 Å². The summed E-state index contributed by atoms with van der Waals surface area (Å²) in [5, 5.41) is 9.15. The van der Waals surface area contributed by atoms with Crippen LogP contribution in [0.2, 0.25) is 5.02 Å². The van der Waals surface area contributed by atoms with Crippen LogP contribution in [-0.2, 0) is 6.42 Å². The number of anilines is 1. The molecule has 1 heterocycles. The molecule has 92 valence electrons. The predicted molar refractivity (Wildman–Crippen MR) is 64.8 cm³/mol. The van der Waals surface area contributed by atoms with Gasteiger partial charge in [0.2, 0.25) is 0 Å². The van der Waals surface area contributed by atoms with E-state index in [9.17, 15) is 4.79 Å². The predicted octanol–water partition coefficient (Wildman–Crippen LogP) is 2.57. The molecule has 0 fully saturated rings. The van der Waals surface area contributed by atoms with Crippen molar-refractivity contribution in [3.8, 4) is 5.75 Å². The largest absolute Gasteiger partial charge is 0.488 e. The molecule has 1 aliphatic rings. The lowest BCUT2D eigenvalue weighted by molar-refractivity contribution is 0.197. The van der Waals surface area contributed by atoms with Gasteiger partial charge >= 0.3 is 6.09 Å². The van der Waals surface area contributed by atoms with E-state index in [-0.39, 0.29) is 6.10 Å². The molecule has 0 saturated heterocycles. The molecule has 6 heteroatoms. The lowest BCUT2D eigenvalue weighted by atomic mass is 10.0. The molecule has 1 aromatic rings. The Labute approximate surface area is 104 Å². The molecule has 0 spiro atoms. The van der Waals surface area contributed by atoms with Gasteiger partial charge in [0.1, 0.15) is 11.9 Å². The van der Waals surface area contributed by atoms with Crippen LogP contribution in [0, 0.1) is 6.92 Å². The van der Waals surface area contributed by atoms with Gasteiger partial charge in [-0.3, -0.25) is 5.43 Å². The monoisotopic (exact) mass is 256 g/mol. The highest BCUT2D eigenvalue weighted by molar-refractivity contribution is 6.31. The van der Waals surface area contributed by atoms with Gasteiger partial charge in [-0.1, -0.05) is 11.6 Å². The third-order valence-electron chi connectivity index (χ3n) is 2.72. The maximum Gasteiger partial charge on any atom is 0.423 e. The first-order valence-corrected chi connectivity index (χ1v) is 5.60. The van der Waals surface area contributed by atoms with Gasteiger partial charge in [-0.2, -0.15) is 0 Å². The third kappa shape index (κ3) is 2.24. The second-order valence-electron chi connectivity index (χ2n) is 4.03. The van der Waals surface area contributed by atoms with Crippen LogP contribution in [0.4, 0.5) is 10.5 Å². The number of hydrogen-bond donors (Lipinski definition) is 3. The van der Waals surface area contributed by atoms with Gasteiger partial charge in [0, 0.05) is 17.0 Å². The number of carboxylic acid groups (broad SMARTS) is 1. The maximum absolute atomic E-state index is 10.4. The quantitative estimate of drug-likeness (QED) is 0.711. The highest BCUT2D eigenvalue weighted by Gasteiger charge is 2.25. The Morgan fingerprint density at radius 2 is 2.35 bits per heavy atom. The van der Waals surface area contributed by atoms with Gasteiger partial charge in [0.05, 0.1) is 5.69 Å². The molecule has 17 heavy (non-hydrogen) atoms. The minimum Gasteiger partial charge on any atom is -0.488 e. The molecule has 1 atom stereocenters. The zero-order valence-electron chi connectivity index (χ0n) is 9.50. The molecule has 1 amide bonds. The van der Waals surface area contributed by atoms with Crippen molar-refractivity contribution < 1.29 is 14.6 Å². The van der Waals surface area contributed by atoms with Crippen LogP contribution in [0.1, 0.15) is 18.1 Å². The summed E-state index contributed by atoms with van der Waals surface area (Å²) >= 11 is 6.09. The second-order valence-corrected chi connectivity index (χ2v) is 4.43. The number of fused-ring (bicyclic) bond motifs is 1. The molecule has 0 aliphatic carbocycles. The summed E-state index contributed by atoms with van der Waals surface area (Å²) in [5.41, 5.74) is 7.21. The van der Waals surface area contributed by atoms with E-state index in [1.165, 1.54) is 0 Å². The van der Waals surface area contributed by atoms with Gasteiger partial charge in [0.15, 0.2) is 0 Å². The summed E-state index contributed by atoms with van der Waals surface area (Å²) in [5.74, 6) is 0.674. The van der Waals surface area contributed by atoms with E-state index in [4.69, 9.17) is 21.4 Å². The summed E-state index contributed by atoms with van der Waals surface area (Å²) in [6.45, 7) is 3.89. The number of benzene rings is 1. The number of amides is 1. The second kappa shape index (κ2) is 4.33. The molecule has 0 aromatic heterocycles. The van der Waals surface area contributed by atoms with Crippen molar-refractivity contribution in [1.29, 1.82) is 0 Å². The molecule has 1 aliphatic heterocycles. The average molecular weight is 257 g/mol. The number of carbonyl (C=O) groups is 1. The fraction of sp³-hybridized carbons (Fsp3) is 0.364. The van der Waals surface area contributed by atoms with E-state index in [0.717, 1.165) is 17.5 Å². The molecule has 0 radical (unpaired) electrons. The van der Waals surface area contributed by atoms with Crippen LogP contribution in [0.25, 0.3) is 0 Å². The lowest BCUT2D eigenvalue weighted by Gasteiger charge is -2.13. The summed E-state index contributed by atoms with van der Waals surface area (Å²) < 4.78 is 5.65.